The molecule has 0 aliphatic carbocycles. The number of hydrogen-bond acceptors (Lipinski definition) is 7. The molecule has 4 rings (SSSR count). The Balaban J connectivity index is 0.000000301. The summed E-state index contributed by atoms with van der Waals surface area (Å²) < 4.78 is 74.5. The predicted octanol–water partition coefficient (Wildman–Crippen LogP) is 3.66. The first kappa shape index (κ1) is 31.1. The Labute approximate surface area is 213 Å². The minimum absolute atomic E-state index is 0.370. The van der Waals surface area contributed by atoms with Crippen LogP contribution in [0.15, 0.2) is 47.5 Å². The van der Waals surface area contributed by atoms with Gasteiger partial charge in [0.15, 0.2) is 0 Å². The molecule has 2 aliphatic heterocycles. The van der Waals surface area contributed by atoms with Crippen molar-refractivity contribution in [2.45, 2.75) is 44.0 Å². The number of carboxylic acids is 2. The number of piperidine rings is 1. The summed E-state index contributed by atoms with van der Waals surface area (Å²) in [6.45, 7) is 5.22. The maximum atomic E-state index is 10.6. The van der Waals surface area contributed by atoms with Gasteiger partial charge < -0.3 is 19.4 Å². The molecule has 0 amide bonds. The highest BCUT2D eigenvalue weighted by molar-refractivity contribution is 5.73. The number of halogens is 6. The van der Waals surface area contributed by atoms with Crippen LogP contribution in [0.3, 0.4) is 0 Å². The molecule has 2 fully saturated rings. The third kappa shape index (κ3) is 9.61. The topological polar surface area (TPSA) is 116 Å². The highest BCUT2D eigenvalue weighted by Crippen LogP contribution is 2.34. The Morgan fingerprint density at radius 1 is 1.05 bits per heavy atom. The third-order valence-corrected chi connectivity index (χ3v) is 5.94. The van der Waals surface area contributed by atoms with Gasteiger partial charge in [-0.2, -0.15) is 26.3 Å². The largest absolute Gasteiger partial charge is 0.490 e. The van der Waals surface area contributed by atoms with Crippen molar-refractivity contribution in [1.82, 2.24) is 14.8 Å². The van der Waals surface area contributed by atoms with Crippen LogP contribution in [-0.4, -0.2) is 88.2 Å². The van der Waals surface area contributed by atoms with Crippen LogP contribution in [0.5, 0.6) is 0 Å². The number of carbonyl (C=O) groups is 2. The molecule has 2 saturated heterocycles. The van der Waals surface area contributed by atoms with Crippen LogP contribution < -0.4 is 0 Å². The number of aromatic nitrogens is 1. The van der Waals surface area contributed by atoms with E-state index in [9.17, 15) is 26.3 Å². The smallest absolute Gasteiger partial charge is 0.475 e. The number of methoxy groups -OCH3 is 1. The molecule has 2 aromatic rings. The second kappa shape index (κ2) is 13.6. The molecule has 2 N–H and O–H groups in total. The van der Waals surface area contributed by atoms with Gasteiger partial charge in [-0.1, -0.05) is 6.07 Å². The molecular formula is C23H27F6N3O6. The van der Waals surface area contributed by atoms with Crippen LogP contribution >= 0.6 is 0 Å². The van der Waals surface area contributed by atoms with Gasteiger partial charge in [0, 0.05) is 69.8 Å². The molecule has 0 bridgehead atoms. The lowest BCUT2D eigenvalue weighted by molar-refractivity contribution is -0.193. The molecule has 15 heteroatoms. The molecule has 0 aromatic carbocycles. The van der Waals surface area contributed by atoms with Crippen LogP contribution in [0.4, 0.5) is 26.3 Å². The van der Waals surface area contributed by atoms with E-state index < -0.39 is 24.3 Å². The molecule has 0 unspecified atom stereocenters. The Bertz CT molecular complexity index is 979. The predicted molar refractivity (Wildman–Crippen MR) is 119 cm³/mol. The summed E-state index contributed by atoms with van der Waals surface area (Å²) in [7, 11) is 1.86. The van der Waals surface area contributed by atoms with Gasteiger partial charge in [-0.05, 0) is 24.1 Å². The van der Waals surface area contributed by atoms with Gasteiger partial charge in [0.1, 0.15) is 0 Å². The molecule has 0 saturated carbocycles. The van der Waals surface area contributed by atoms with E-state index in [1.165, 1.54) is 11.1 Å². The lowest BCUT2D eigenvalue weighted by atomic mass is 9.89. The number of pyridine rings is 1. The van der Waals surface area contributed by atoms with Gasteiger partial charge in [0.25, 0.3) is 0 Å². The molecule has 3 atom stereocenters. The van der Waals surface area contributed by atoms with E-state index in [4.69, 9.17) is 29.0 Å². The summed E-state index contributed by atoms with van der Waals surface area (Å²) in [4.78, 5) is 27.2. The fourth-order valence-corrected chi connectivity index (χ4v) is 4.30. The van der Waals surface area contributed by atoms with Crippen molar-refractivity contribution in [3.63, 3.8) is 0 Å². The van der Waals surface area contributed by atoms with Gasteiger partial charge in [-0.3, -0.25) is 14.8 Å². The lowest BCUT2D eigenvalue weighted by Crippen LogP contribution is -2.50. The fourth-order valence-electron chi connectivity index (χ4n) is 4.30. The highest BCUT2D eigenvalue weighted by atomic mass is 19.4. The summed E-state index contributed by atoms with van der Waals surface area (Å²) in [6, 6.07) is 6.79. The first-order valence-electron chi connectivity index (χ1n) is 11.2. The van der Waals surface area contributed by atoms with Gasteiger partial charge in [-0.25, -0.2) is 9.59 Å². The number of hydrogen-bond donors (Lipinski definition) is 2. The zero-order chi connectivity index (χ0) is 28.5. The van der Waals surface area contributed by atoms with Crippen LogP contribution in [0.2, 0.25) is 0 Å². The number of furan rings is 1. The molecule has 212 valence electrons. The monoisotopic (exact) mass is 555 g/mol. The number of carboxylic acid groups (broad SMARTS) is 2. The van der Waals surface area contributed by atoms with Crippen LogP contribution in [-0.2, 0) is 27.4 Å². The zero-order valence-electron chi connectivity index (χ0n) is 20.2. The van der Waals surface area contributed by atoms with E-state index in [1.807, 2.05) is 31.8 Å². The standard InChI is InChI=1S/C19H25N3O2.2C2HF3O2/c1-23-19-4-7-22(11-16-5-8-24-14-16)18-13-21(12-17(18)19)10-15-3-2-6-20-9-15;2*3-2(4,5)1(6)7/h2-3,5-6,8-9,14,17-19H,4,7,10-13H2,1H3;2*(H,6,7)/t17-,18+,19+;;/m0../s1. The Kier molecular flexibility index (Phi) is 11.1. The molecule has 38 heavy (non-hydrogen) atoms. The second-order valence-corrected chi connectivity index (χ2v) is 8.56. The van der Waals surface area contributed by atoms with Gasteiger partial charge in [-0.15, -0.1) is 0 Å². The van der Waals surface area contributed by atoms with E-state index in [0.29, 0.717) is 18.1 Å². The summed E-state index contributed by atoms with van der Waals surface area (Å²) in [5.41, 5.74) is 2.54. The number of fused-ring (bicyclic) bond motifs is 1. The highest BCUT2D eigenvalue weighted by Gasteiger charge is 2.44. The van der Waals surface area contributed by atoms with E-state index in [-0.39, 0.29) is 0 Å². The van der Waals surface area contributed by atoms with Crippen molar-refractivity contribution in [3.8, 4) is 0 Å². The number of rotatable bonds is 5. The van der Waals surface area contributed by atoms with Crippen molar-refractivity contribution in [3.05, 3.63) is 54.2 Å². The SMILES string of the molecule is CO[C@@H]1CCN(Cc2ccoc2)[C@@H]2CN(Cc3cccnc3)C[C@@H]21.O=C(O)C(F)(F)F.O=C(O)C(F)(F)F. The average Bonchev–Trinajstić information content (AvgIpc) is 3.50. The van der Waals surface area contributed by atoms with Crippen molar-refractivity contribution >= 4 is 11.9 Å². The first-order valence-corrected chi connectivity index (χ1v) is 11.2. The number of likely N-dealkylation sites (tertiary alicyclic amines) is 2. The van der Waals surface area contributed by atoms with Crippen molar-refractivity contribution < 1.29 is 55.3 Å². The van der Waals surface area contributed by atoms with E-state index in [0.717, 1.165) is 39.1 Å². The average molecular weight is 555 g/mol. The molecule has 0 radical (unpaired) electrons. The minimum Gasteiger partial charge on any atom is -0.475 e. The number of nitrogens with zero attached hydrogens (tertiary/aromatic N) is 3. The summed E-state index contributed by atoms with van der Waals surface area (Å²) in [6.07, 6.45) is -1.26. The van der Waals surface area contributed by atoms with Gasteiger partial charge >= 0.3 is 24.3 Å². The number of ether oxygens (including phenoxy) is 1. The Morgan fingerprint density at radius 2 is 1.68 bits per heavy atom. The number of aliphatic carboxylic acids is 2. The second-order valence-electron chi connectivity index (χ2n) is 8.56. The molecule has 4 heterocycles. The quantitative estimate of drug-likeness (QED) is 0.534. The van der Waals surface area contributed by atoms with Crippen LogP contribution in [0, 0.1) is 5.92 Å². The maximum Gasteiger partial charge on any atom is 0.490 e. The summed E-state index contributed by atoms with van der Waals surface area (Å²) in [5, 5.41) is 14.2. The molecule has 0 spiro atoms. The van der Waals surface area contributed by atoms with Crippen LogP contribution in [0.25, 0.3) is 0 Å². The third-order valence-electron chi connectivity index (χ3n) is 5.94. The molecule has 2 aromatic heterocycles. The minimum atomic E-state index is -5.08. The Hall–Kier alpha value is -3.17. The van der Waals surface area contributed by atoms with E-state index in [1.54, 1.807) is 6.26 Å². The number of alkyl halides is 6. The van der Waals surface area contributed by atoms with E-state index in [2.05, 4.69) is 26.9 Å². The summed E-state index contributed by atoms with van der Waals surface area (Å²) >= 11 is 0. The van der Waals surface area contributed by atoms with Gasteiger partial charge in [0.2, 0.25) is 0 Å². The summed E-state index contributed by atoms with van der Waals surface area (Å²) in [5.74, 6) is -4.94. The van der Waals surface area contributed by atoms with E-state index >= 15 is 0 Å². The van der Waals surface area contributed by atoms with Crippen molar-refractivity contribution in [2.75, 3.05) is 26.7 Å². The fraction of sp³-hybridized carbons (Fsp3) is 0.522. The maximum absolute atomic E-state index is 10.6. The van der Waals surface area contributed by atoms with Crippen LogP contribution in [0.1, 0.15) is 17.5 Å². The van der Waals surface area contributed by atoms with Crippen molar-refractivity contribution in [2.24, 2.45) is 5.92 Å². The lowest BCUT2D eigenvalue weighted by Gasteiger charge is -2.41. The first-order chi connectivity index (χ1) is 17.7. The Morgan fingerprint density at radius 3 is 2.16 bits per heavy atom. The zero-order valence-corrected chi connectivity index (χ0v) is 20.2. The van der Waals surface area contributed by atoms with Crippen molar-refractivity contribution in [1.29, 1.82) is 0 Å². The normalized spacial score (nSPS) is 21.9. The van der Waals surface area contributed by atoms with Gasteiger partial charge in [0.05, 0.1) is 18.6 Å². The molecule has 2 aliphatic rings. The molecular weight excluding hydrogens is 528 g/mol. The molecule has 9 nitrogen and oxygen atoms in total.